The van der Waals surface area contributed by atoms with Gasteiger partial charge in [0.1, 0.15) is 0 Å². The molecule has 28 heavy (non-hydrogen) atoms. The Morgan fingerprint density at radius 1 is 0.964 bits per heavy atom. The van der Waals surface area contributed by atoms with Crippen LogP contribution in [0.2, 0.25) is 10.0 Å². The Bertz CT molecular complexity index is 1020. The second-order valence-electron chi connectivity index (χ2n) is 6.20. The number of halogens is 3. The molecule has 3 rings (SSSR count). The van der Waals surface area contributed by atoms with Gasteiger partial charge >= 0.3 is 0 Å². The number of carbonyl (C=O) groups is 1. The van der Waals surface area contributed by atoms with E-state index in [1.807, 2.05) is 6.07 Å². The number of hydrogen-bond acceptors (Lipinski definition) is 4. The molecule has 2 aromatic carbocycles. The number of sulfonamides is 1. The third-order valence-corrected chi connectivity index (χ3v) is 7.17. The monoisotopic (exact) mass is 458 g/mol. The minimum absolute atomic E-state index is 0.180. The standard InChI is InChI=1S/C19H17Cl3N2O3S/c20-17-6-5-15(13-18(17)21)23-8-10-24(11-9-23)28(26,27)16-3-1-2-14(12-16)4-7-19(22)25/h1-7,12-13H,8-11H2. The normalized spacial score (nSPS) is 15.9. The second kappa shape index (κ2) is 8.84. The second-order valence-corrected chi connectivity index (χ2v) is 9.32. The van der Waals surface area contributed by atoms with Crippen molar-refractivity contribution in [2.45, 2.75) is 4.90 Å². The van der Waals surface area contributed by atoms with Crippen molar-refractivity contribution < 1.29 is 13.2 Å². The van der Waals surface area contributed by atoms with Crippen LogP contribution in [0.4, 0.5) is 5.69 Å². The summed E-state index contributed by atoms with van der Waals surface area (Å²) in [5.74, 6) is 0. The number of rotatable bonds is 5. The van der Waals surface area contributed by atoms with Gasteiger partial charge in [-0.2, -0.15) is 4.31 Å². The molecule has 1 aliphatic rings. The van der Waals surface area contributed by atoms with Gasteiger partial charge in [-0.05, 0) is 53.6 Å². The highest BCUT2D eigenvalue weighted by Gasteiger charge is 2.28. The van der Waals surface area contributed by atoms with Crippen LogP contribution in [0.3, 0.4) is 0 Å². The molecule has 2 aromatic rings. The van der Waals surface area contributed by atoms with Crippen molar-refractivity contribution in [3.8, 4) is 0 Å². The van der Waals surface area contributed by atoms with Crippen LogP contribution in [0.5, 0.6) is 0 Å². The first-order valence-electron chi connectivity index (χ1n) is 8.45. The van der Waals surface area contributed by atoms with Crippen LogP contribution in [0.1, 0.15) is 5.56 Å². The Hall–Kier alpha value is -1.57. The molecule has 0 bridgehead atoms. The van der Waals surface area contributed by atoms with Crippen LogP contribution in [0.25, 0.3) is 6.08 Å². The zero-order chi connectivity index (χ0) is 20.3. The summed E-state index contributed by atoms with van der Waals surface area (Å²) in [5.41, 5.74) is 1.49. The van der Waals surface area contributed by atoms with Crippen LogP contribution in [0.15, 0.2) is 53.4 Å². The lowest BCUT2D eigenvalue weighted by atomic mass is 10.2. The van der Waals surface area contributed by atoms with E-state index in [0.29, 0.717) is 41.8 Å². The molecule has 0 spiro atoms. The number of benzene rings is 2. The van der Waals surface area contributed by atoms with Crippen molar-refractivity contribution >= 4 is 61.8 Å². The molecule has 0 radical (unpaired) electrons. The number of nitrogens with zero attached hydrogens (tertiary/aromatic N) is 2. The number of allylic oxidation sites excluding steroid dienone is 1. The highest BCUT2D eigenvalue weighted by molar-refractivity contribution is 7.89. The fourth-order valence-corrected chi connectivity index (χ4v) is 4.79. The summed E-state index contributed by atoms with van der Waals surface area (Å²) in [4.78, 5) is 13.1. The van der Waals surface area contributed by atoms with Gasteiger partial charge in [0.15, 0.2) is 0 Å². The highest BCUT2D eigenvalue weighted by Crippen LogP contribution is 2.28. The number of carbonyl (C=O) groups excluding carboxylic acids is 1. The van der Waals surface area contributed by atoms with Crippen LogP contribution in [-0.4, -0.2) is 44.1 Å². The first-order valence-corrected chi connectivity index (χ1v) is 11.0. The lowest BCUT2D eigenvalue weighted by Crippen LogP contribution is -2.48. The first kappa shape index (κ1) is 21.1. The maximum atomic E-state index is 13.0. The minimum Gasteiger partial charge on any atom is -0.369 e. The average Bonchev–Trinajstić information content (AvgIpc) is 2.69. The van der Waals surface area contributed by atoms with Gasteiger partial charge < -0.3 is 4.90 Å². The average molecular weight is 460 g/mol. The van der Waals surface area contributed by atoms with E-state index in [1.165, 1.54) is 22.5 Å². The summed E-state index contributed by atoms with van der Waals surface area (Å²) in [7, 11) is -3.64. The van der Waals surface area contributed by atoms with Crippen molar-refractivity contribution in [1.29, 1.82) is 0 Å². The summed E-state index contributed by atoms with van der Waals surface area (Å²) in [5, 5.41) is 0.331. The van der Waals surface area contributed by atoms with Gasteiger partial charge in [-0.15, -0.1) is 0 Å². The zero-order valence-corrected chi connectivity index (χ0v) is 17.8. The van der Waals surface area contributed by atoms with Gasteiger partial charge in [-0.1, -0.05) is 41.4 Å². The number of piperazine rings is 1. The van der Waals surface area contributed by atoms with Crippen molar-refractivity contribution in [3.05, 3.63) is 64.1 Å². The Balaban J connectivity index is 1.73. The molecule has 1 heterocycles. The van der Waals surface area contributed by atoms with Crippen LogP contribution in [0, 0.1) is 0 Å². The Labute approximate surface area is 179 Å². The molecule has 1 saturated heterocycles. The molecular weight excluding hydrogens is 443 g/mol. The van der Waals surface area contributed by atoms with E-state index in [1.54, 1.807) is 30.3 Å². The maximum absolute atomic E-state index is 13.0. The smallest absolute Gasteiger partial charge is 0.245 e. The first-order chi connectivity index (χ1) is 13.3. The Morgan fingerprint density at radius 2 is 1.68 bits per heavy atom. The van der Waals surface area contributed by atoms with E-state index in [-0.39, 0.29) is 4.90 Å². The summed E-state index contributed by atoms with van der Waals surface area (Å²) in [6.45, 7) is 1.78. The molecule has 0 aromatic heterocycles. The molecule has 0 atom stereocenters. The predicted molar refractivity (Wildman–Crippen MR) is 114 cm³/mol. The quantitative estimate of drug-likeness (QED) is 0.494. The molecule has 5 nitrogen and oxygen atoms in total. The van der Waals surface area contributed by atoms with Gasteiger partial charge in [-0.3, -0.25) is 4.79 Å². The highest BCUT2D eigenvalue weighted by atomic mass is 35.5. The molecule has 0 saturated carbocycles. The minimum atomic E-state index is -3.64. The molecule has 1 fully saturated rings. The molecule has 9 heteroatoms. The van der Waals surface area contributed by atoms with E-state index in [0.717, 1.165) is 5.69 Å². The summed E-state index contributed by atoms with van der Waals surface area (Å²) >= 11 is 17.3. The maximum Gasteiger partial charge on any atom is 0.245 e. The largest absolute Gasteiger partial charge is 0.369 e. The Kier molecular flexibility index (Phi) is 6.68. The van der Waals surface area contributed by atoms with Gasteiger partial charge in [0.05, 0.1) is 14.9 Å². The molecule has 0 N–H and O–H groups in total. The van der Waals surface area contributed by atoms with Gasteiger partial charge in [0.25, 0.3) is 0 Å². The number of hydrogen-bond donors (Lipinski definition) is 0. The third kappa shape index (κ3) is 4.88. The summed E-state index contributed by atoms with van der Waals surface area (Å²) in [6, 6.07) is 11.8. The molecule has 0 aliphatic carbocycles. The molecule has 0 unspecified atom stereocenters. The topological polar surface area (TPSA) is 57.7 Å². The van der Waals surface area contributed by atoms with E-state index in [9.17, 15) is 13.2 Å². The van der Waals surface area contributed by atoms with Crippen molar-refractivity contribution in [3.63, 3.8) is 0 Å². The molecule has 148 valence electrons. The van der Waals surface area contributed by atoms with Crippen LogP contribution >= 0.6 is 34.8 Å². The predicted octanol–water partition coefficient (Wildman–Crippen LogP) is 4.28. The van der Waals surface area contributed by atoms with E-state index >= 15 is 0 Å². The van der Waals surface area contributed by atoms with E-state index in [4.69, 9.17) is 34.8 Å². The van der Waals surface area contributed by atoms with Gasteiger partial charge in [-0.25, -0.2) is 8.42 Å². The van der Waals surface area contributed by atoms with Crippen molar-refractivity contribution in [2.24, 2.45) is 0 Å². The van der Waals surface area contributed by atoms with Crippen molar-refractivity contribution in [1.82, 2.24) is 4.31 Å². The summed E-state index contributed by atoms with van der Waals surface area (Å²) < 4.78 is 27.4. The van der Waals surface area contributed by atoms with Crippen LogP contribution < -0.4 is 4.90 Å². The fourth-order valence-electron chi connectivity index (χ4n) is 2.96. The lowest BCUT2D eigenvalue weighted by Gasteiger charge is -2.35. The zero-order valence-electron chi connectivity index (χ0n) is 14.7. The van der Waals surface area contributed by atoms with Crippen LogP contribution in [-0.2, 0) is 14.8 Å². The third-order valence-electron chi connectivity index (χ3n) is 4.41. The summed E-state index contributed by atoms with van der Waals surface area (Å²) in [6.07, 6.45) is 2.67. The van der Waals surface area contributed by atoms with E-state index in [2.05, 4.69) is 4.90 Å². The van der Waals surface area contributed by atoms with Gasteiger partial charge in [0.2, 0.25) is 15.3 Å². The lowest BCUT2D eigenvalue weighted by molar-refractivity contribution is -0.107. The Morgan fingerprint density at radius 3 is 2.32 bits per heavy atom. The van der Waals surface area contributed by atoms with Gasteiger partial charge in [0, 0.05) is 31.9 Å². The molecule has 0 amide bonds. The molecular formula is C19H17Cl3N2O3S. The molecule has 1 aliphatic heterocycles. The SMILES string of the molecule is O=C(Cl)C=Cc1cccc(S(=O)(=O)N2CCN(c3ccc(Cl)c(Cl)c3)CC2)c1. The number of anilines is 1. The van der Waals surface area contributed by atoms with E-state index < -0.39 is 15.3 Å². The van der Waals surface area contributed by atoms with Crippen molar-refractivity contribution in [2.75, 3.05) is 31.1 Å². The fraction of sp³-hybridized carbons (Fsp3) is 0.211.